The SMILES string of the molecule is CCCC(C)C.[Y]. The van der Waals surface area contributed by atoms with Crippen molar-refractivity contribution in [3.8, 4) is 0 Å². The molecule has 0 heterocycles. The van der Waals surface area contributed by atoms with E-state index >= 15 is 0 Å². The molecule has 0 unspecified atom stereocenters. The van der Waals surface area contributed by atoms with Crippen LogP contribution in [0.15, 0.2) is 0 Å². The van der Waals surface area contributed by atoms with E-state index in [1.807, 2.05) is 0 Å². The Kier molecular flexibility index (Phi) is 11.1. The van der Waals surface area contributed by atoms with Crippen LogP contribution in [0, 0.1) is 5.92 Å². The van der Waals surface area contributed by atoms with Crippen molar-refractivity contribution in [3.63, 3.8) is 0 Å². The molecule has 0 amide bonds. The normalized spacial score (nSPS) is 8.57. The largest absolute Gasteiger partial charge is 0.0654 e. The van der Waals surface area contributed by atoms with Gasteiger partial charge in [0.25, 0.3) is 0 Å². The Labute approximate surface area is 71.9 Å². The summed E-state index contributed by atoms with van der Waals surface area (Å²) in [4.78, 5) is 0. The summed E-state index contributed by atoms with van der Waals surface area (Å²) in [7, 11) is 0. The zero-order chi connectivity index (χ0) is 4.99. The average Bonchev–Trinajstić information content (AvgIpc) is 1.35. The molecule has 0 aromatic rings. The first kappa shape index (κ1) is 11.0. The van der Waals surface area contributed by atoms with E-state index in [2.05, 4.69) is 20.8 Å². The fourth-order valence-corrected chi connectivity index (χ4v) is 0.577. The smallest absolute Gasteiger partial charge is 0 e. The number of rotatable bonds is 2. The second-order valence-electron chi connectivity index (χ2n) is 2.18. The van der Waals surface area contributed by atoms with E-state index in [1.165, 1.54) is 12.8 Å². The van der Waals surface area contributed by atoms with Crippen LogP contribution in [-0.2, 0) is 32.7 Å². The molecule has 0 N–H and O–H groups in total. The molecule has 0 bridgehead atoms. The minimum atomic E-state index is 0. The van der Waals surface area contributed by atoms with E-state index < -0.39 is 0 Å². The molecule has 0 saturated heterocycles. The second-order valence-corrected chi connectivity index (χ2v) is 2.18. The van der Waals surface area contributed by atoms with E-state index in [-0.39, 0.29) is 32.7 Å². The molecule has 0 rings (SSSR count). The first-order chi connectivity index (χ1) is 2.77. The first-order valence-electron chi connectivity index (χ1n) is 2.77. The molecule has 0 saturated carbocycles. The van der Waals surface area contributed by atoms with Crippen LogP contribution in [0.3, 0.4) is 0 Å². The van der Waals surface area contributed by atoms with Crippen molar-refractivity contribution < 1.29 is 32.7 Å². The minimum absolute atomic E-state index is 0. The third-order valence-electron chi connectivity index (χ3n) is 0.866. The Balaban J connectivity index is 0. The summed E-state index contributed by atoms with van der Waals surface area (Å²) >= 11 is 0. The van der Waals surface area contributed by atoms with E-state index in [9.17, 15) is 0 Å². The topological polar surface area (TPSA) is 0 Å². The molecule has 1 heteroatoms. The predicted molar refractivity (Wildman–Crippen MR) is 29.7 cm³/mol. The molecule has 0 atom stereocenters. The summed E-state index contributed by atoms with van der Waals surface area (Å²) in [6, 6.07) is 0. The molecule has 0 aromatic carbocycles. The third kappa shape index (κ3) is 11.0. The van der Waals surface area contributed by atoms with Crippen molar-refractivity contribution in [3.05, 3.63) is 0 Å². The van der Waals surface area contributed by atoms with Crippen molar-refractivity contribution in [1.29, 1.82) is 0 Å². The Morgan fingerprint density at radius 2 is 1.71 bits per heavy atom. The van der Waals surface area contributed by atoms with Gasteiger partial charge in [0.15, 0.2) is 0 Å². The molecular formula is C6H14Y. The van der Waals surface area contributed by atoms with Crippen LogP contribution in [0.5, 0.6) is 0 Å². The van der Waals surface area contributed by atoms with Gasteiger partial charge in [-0.1, -0.05) is 33.6 Å². The van der Waals surface area contributed by atoms with Gasteiger partial charge in [0.05, 0.1) is 0 Å². The van der Waals surface area contributed by atoms with Crippen molar-refractivity contribution in [2.75, 3.05) is 0 Å². The fourth-order valence-electron chi connectivity index (χ4n) is 0.577. The zero-order valence-corrected chi connectivity index (χ0v) is 8.41. The molecule has 0 nitrogen and oxygen atoms in total. The van der Waals surface area contributed by atoms with E-state index in [0.717, 1.165) is 5.92 Å². The fraction of sp³-hybridized carbons (Fsp3) is 1.00. The van der Waals surface area contributed by atoms with Gasteiger partial charge in [-0.15, -0.1) is 0 Å². The molecule has 41 valence electrons. The summed E-state index contributed by atoms with van der Waals surface area (Å²) < 4.78 is 0. The van der Waals surface area contributed by atoms with E-state index in [0.29, 0.717) is 0 Å². The second kappa shape index (κ2) is 7.10. The third-order valence-corrected chi connectivity index (χ3v) is 0.866. The van der Waals surface area contributed by atoms with Gasteiger partial charge >= 0.3 is 0 Å². The standard InChI is InChI=1S/C6H14.Y/c1-4-5-6(2)3;/h6H,4-5H2,1-3H3;. The summed E-state index contributed by atoms with van der Waals surface area (Å²) in [6.45, 7) is 6.73. The van der Waals surface area contributed by atoms with Crippen molar-refractivity contribution in [2.24, 2.45) is 5.92 Å². The van der Waals surface area contributed by atoms with Gasteiger partial charge in [0.1, 0.15) is 0 Å². The first-order valence-corrected chi connectivity index (χ1v) is 2.77. The summed E-state index contributed by atoms with van der Waals surface area (Å²) in [5, 5.41) is 0. The van der Waals surface area contributed by atoms with Gasteiger partial charge in [0.2, 0.25) is 0 Å². The summed E-state index contributed by atoms with van der Waals surface area (Å²) in [5.41, 5.74) is 0. The van der Waals surface area contributed by atoms with Crippen LogP contribution in [0.4, 0.5) is 0 Å². The Hall–Kier alpha value is 1.10. The molecule has 7 heavy (non-hydrogen) atoms. The van der Waals surface area contributed by atoms with Gasteiger partial charge in [-0.2, -0.15) is 0 Å². The van der Waals surface area contributed by atoms with Gasteiger partial charge in [-0.3, -0.25) is 0 Å². The molecule has 0 aliphatic rings. The monoisotopic (exact) mass is 175 g/mol. The van der Waals surface area contributed by atoms with Crippen LogP contribution >= 0.6 is 0 Å². The molecule has 0 spiro atoms. The quantitative estimate of drug-likeness (QED) is 0.604. The van der Waals surface area contributed by atoms with Gasteiger partial charge in [-0.05, 0) is 5.92 Å². The molecule has 0 fully saturated rings. The Morgan fingerprint density at radius 3 is 1.71 bits per heavy atom. The van der Waals surface area contributed by atoms with Crippen molar-refractivity contribution in [1.82, 2.24) is 0 Å². The summed E-state index contributed by atoms with van der Waals surface area (Å²) in [5.74, 6) is 0.898. The van der Waals surface area contributed by atoms with E-state index in [1.54, 1.807) is 0 Å². The maximum Gasteiger partial charge on any atom is 0 e. The van der Waals surface area contributed by atoms with Crippen molar-refractivity contribution in [2.45, 2.75) is 33.6 Å². The van der Waals surface area contributed by atoms with Gasteiger partial charge < -0.3 is 0 Å². The van der Waals surface area contributed by atoms with Crippen LogP contribution in [-0.4, -0.2) is 0 Å². The zero-order valence-electron chi connectivity index (χ0n) is 5.57. The van der Waals surface area contributed by atoms with Gasteiger partial charge in [0, 0.05) is 32.7 Å². The Bertz CT molecular complexity index is 25.4. The maximum absolute atomic E-state index is 2.25. The molecule has 0 aliphatic carbocycles. The molecular weight excluding hydrogens is 161 g/mol. The molecule has 1 radical (unpaired) electrons. The van der Waals surface area contributed by atoms with E-state index in [4.69, 9.17) is 0 Å². The number of hydrogen-bond donors (Lipinski definition) is 0. The van der Waals surface area contributed by atoms with Crippen LogP contribution in [0.1, 0.15) is 33.6 Å². The minimum Gasteiger partial charge on any atom is -0.0654 e. The average molecular weight is 175 g/mol. The summed E-state index contributed by atoms with van der Waals surface area (Å²) in [6.07, 6.45) is 2.71. The molecule has 0 aliphatic heterocycles. The van der Waals surface area contributed by atoms with Crippen LogP contribution in [0.2, 0.25) is 0 Å². The van der Waals surface area contributed by atoms with Gasteiger partial charge in [-0.25, -0.2) is 0 Å². The van der Waals surface area contributed by atoms with Crippen LogP contribution in [0.25, 0.3) is 0 Å². The predicted octanol–water partition coefficient (Wildman–Crippen LogP) is 2.44. The van der Waals surface area contributed by atoms with Crippen LogP contribution < -0.4 is 0 Å². The molecule has 0 aromatic heterocycles. The number of hydrogen-bond acceptors (Lipinski definition) is 0. The maximum atomic E-state index is 2.25. The Morgan fingerprint density at radius 1 is 1.29 bits per heavy atom. The van der Waals surface area contributed by atoms with Crippen molar-refractivity contribution >= 4 is 0 Å².